The number of benzene rings is 2. The van der Waals surface area contributed by atoms with Crippen molar-refractivity contribution in [2.75, 3.05) is 62.2 Å². The highest BCUT2D eigenvalue weighted by molar-refractivity contribution is 6.02. The van der Waals surface area contributed by atoms with E-state index in [1.165, 1.54) is 12.3 Å². The van der Waals surface area contributed by atoms with Gasteiger partial charge in [0.05, 0.1) is 29.9 Å². The van der Waals surface area contributed by atoms with Gasteiger partial charge in [0.2, 0.25) is 11.9 Å². The molecule has 0 spiro atoms. The number of hydrogen-bond acceptors (Lipinski definition) is 11. The Morgan fingerprint density at radius 3 is 2.52 bits per heavy atom. The van der Waals surface area contributed by atoms with Crippen molar-refractivity contribution in [2.45, 2.75) is 18.9 Å². The number of nitrogens with zero attached hydrogens (tertiary/aromatic N) is 6. The number of rotatable bonds is 14. The molecule has 0 atom stereocenters. The Morgan fingerprint density at radius 2 is 1.85 bits per heavy atom. The molecule has 13 nitrogen and oxygen atoms in total. The van der Waals surface area contributed by atoms with Gasteiger partial charge >= 0.3 is 5.97 Å². The Morgan fingerprint density at radius 1 is 1.07 bits per heavy atom. The number of nitrogens with one attached hydrogen (secondary N) is 3. The molecule has 0 bridgehead atoms. The fraction of sp³-hybridized carbons (Fsp3) is 0.303. The van der Waals surface area contributed by atoms with Crippen LogP contribution in [0.25, 0.3) is 11.3 Å². The molecule has 2 aromatic heterocycles. The maximum atomic E-state index is 13.2. The van der Waals surface area contributed by atoms with Crippen LogP contribution in [0.5, 0.6) is 5.75 Å². The second kappa shape index (κ2) is 14.1. The first kappa shape index (κ1) is 32.0. The lowest BCUT2D eigenvalue weighted by Crippen LogP contribution is -2.29. The number of methoxy groups -OCH3 is 1. The predicted octanol–water partition coefficient (Wildman–Crippen LogP) is 4.81. The zero-order valence-corrected chi connectivity index (χ0v) is 26.7. The maximum absolute atomic E-state index is 13.2. The smallest absolute Gasteiger partial charge is 0.343 e. The number of carbonyl (C=O) groups is 2. The first-order chi connectivity index (χ1) is 22.1. The first-order valence-corrected chi connectivity index (χ1v) is 14.9. The molecular weight excluding hydrogens is 586 g/mol. The molecule has 13 heteroatoms. The second-order valence-corrected chi connectivity index (χ2v) is 11.2. The Kier molecular flexibility index (Phi) is 9.82. The van der Waals surface area contributed by atoms with E-state index in [2.05, 4.69) is 37.5 Å². The van der Waals surface area contributed by atoms with Crippen molar-refractivity contribution in [2.24, 2.45) is 7.05 Å². The minimum atomic E-state index is -0.510. The van der Waals surface area contributed by atoms with Crippen molar-refractivity contribution < 1.29 is 19.1 Å². The molecule has 3 N–H and O–H groups in total. The molecule has 0 radical (unpaired) electrons. The van der Waals surface area contributed by atoms with E-state index in [-0.39, 0.29) is 29.3 Å². The molecule has 1 fully saturated rings. The number of esters is 1. The molecule has 0 unspecified atom stereocenters. The Hall–Kier alpha value is -5.43. The van der Waals surface area contributed by atoms with Gasteiger partial charge in [-0.2, -0.15) is 10.1 Å². The van der Waals surface area contributed by atoms with Crippen molar-refractivity contribution in [1.29, 1.82) is 0 Å². The van der Waals surface area contributed by atoms with E-state index in [4.69, 9.17) is 14.5 Å². The number of aromatic nitrogens is 4. The van der Waals surface area contributed by atoms with Crippen molar-refractivity contribution in [3.05, 3.63) is 73.1 Å². The van der Waals surface area contributed by atoms with Crippen LogP contribution in [0.1, 0.15) is 23.2 Å². The summed E-state index contributed by atoms with van der Waals surface area (Å²) in [5.74, 6) is 0.0776. The van der Waals surface area contributed by atoms with Gasteiger partial charge in [0.1, 0.15) is 17.4 Å². The zero-order valence-electron chi connectivity index (χ0n) is 26.7. The summed E-state index contributed by atoms with van der Waals surface area (Å²) in [6, 6.07) is 13.1. The molecule has 0 aliphatic heterocycles. The van der Waals surface area contributed by atoms with E-state index in [0.29, 0.717) is 29.4 Å². The summed E-state index contributed by atoms with van der Waals surface area (Å²) < 4.78 is 13.1. The van der Waals surface area contributed by atoms with Gasteiger partial charge in [0.25, 0.3) is 0 Å². The van der Waals surface area contributed by atoms with Gasteiger partial charge in [-0.15, -0.1) is 0 Å². The molecule has 1 saturated carbocycles. The summed E-state index contributed by atoms with van der Waals surface area (Å²) in [5, 5.41) is 14.0. The molecule has 4 aromatic rings. The Bertz CT molecular complexity index is 1730. The molecule has 1 aliphatic rings. The Labute approximate surface area is 268 Å². The van der Waals surface area contributed by atoms with Crippen LogP contribution in [0.3, 0.4) is 0 Å². The quantitative estimate of drug-likeness (QED) is 0.131. The number of aryl methyl sites for hydroxylation is 1. The highest BCUT2D eigenvalue weighted by Crippen LogP contribution is 2.38. The van der Waals surface area contributed by atoms with Crippen LogP contribution in [0.15, 0.2) is 67.5 Å². The molecule has 2 aromatic carbocycles. The second-order valence-electron chi connectivity index (χ2n) is 11.2. The van der Waals surface area contributed by atoms with Gasteiger partial charge in [-0.25, -0.2) is 9.78 Å². The van der Waals surface area contributed by atoms with Crippen molar-refractivity contribution in [3.8, 4) is 17.0 Å². The highest BCUT2D eigenvalue weighted by Gasteiger charge is 2.29. The molecule has 46 heavy (non-hydrogen) atoms. The topological polar surface area (TPSA) is 139 Å². The van der Waals surface area contributed by atoms with Crippen molar-refractivity contribution in [1.82, 2.24) is 24.6 Å². The van der Waals surface area contributed by atoms with Crippen LogP contribution in [0.2, 0.25) is 0 Å². The van der Waals surface area contributed by atoms with Crippen LogP contribution in [0, 0.1) is 0 Å². The number of ether oxygens (including phenoxy) is 2. The Balaban J connectivity index is 1.52. The SMILES string of the molecule is C=CC(=O)Nc1cc(Nc2ncc(C(=O)OC3CC3)c(Nc3ccccc3-c3ccn(C)n3)n2)c(OC)cc1N(C)CCN(C)C. The predicted molar refractivity (Wildman–Crippen MR) is 179 cm³/mol. The summed E-state index contributed by atoms with van der Waals surface area (Å²) in [7, 11) is 9.35. The van der Waals surface area contributed by atoms with Crippen LogP contribution < -0.4 is 25.6 Å². The number of likely N-dealkylation sites (N-methyl/N-ethyl adjacent to an activating group) is 2. The van der Waals surface area contributed by atoms with Gasteiger partial charge in [-0.1, -0.05) is 24.8 Å². The lowest BCUT2D eigenvalue weighted by Gasteiger charge is -2.26. The third-order valence-electron chi connectivity index (χ3n) is 7.28. The van der Waals surface area contributed by atoms with E-state index in [1.54, 1.807) is 17.9 Å². The standard InChI is InChI=1S/C33H39N9O4/c1-7-30(43)35-26-18-27(29(45-6)19-28(26)41(4)17-16-40(2)3)37-33-34-20-23(32(44)46-21-12-13-21)31(38-33)36-24-11-9-8-10-22(24)25-14-15-42(5)39-25/h7-11,14-15,18-21H,1,12-13,16-17H2,2-6H3,(H,35,43)(H2,34,36,37,38). The van der Waals surface area contributed by atoms with E-state index in [0.717, 1.165) is 36.3 Å². The number of anilines is 6. The molecular formula is C33H39N9O4. The first-order valence-electron chi connectivity index (χ1n) is 14.9. The highest BCUT2D eigenvalue weighted by atomic mass is 16.5. The summed E-state index contributed by atoms with van der Waals surface area (Å²) in [4.78, 5) is 38.8. The van der Waals surface area contributed by atoms with Crippen LogP contribution >= 0.6 is 0 Å². The lowest BCUT2D eigenvalue weighted by atomic mass is 10.1. The van der Waals surface area contributed by atoms with Gasteiger partial charge < -0.3 is 35.2 Å². The zero-order chi connectivity index (χ0) is 32.8. The molecule has 1 amide bonds. The van der Waals surface area contributed by atoms with E-state index < -0.39 is 5.97 Å². The van der Waals surface area contributed by atoms with E-state index in [1.807, 2.05) is 75.7 Å². The van der Waals surface area contributed by atoms with Crippen LogP contribution in [0.4, 0.5) is 34.5 Å². The fourth-order valence-corrected chi connectivity index (χ4v) is 4.62. The van der Waals surface area contributed by atoms with Gasteiger partial charge in [-0.3, -0.25) is 9.48 Å². The third kappa shape index (κ3) is 7.80. The molecule has 2 heterocycles. The van der Waals surface area contributed by atoms with Gasteiger partial charge in [-0.05, 0) is 51.2 Å². The monoisotopic (exact) mass is 625 g/mol. The van der Waals surface area contributed by atoms with E-state index >= 15 is 0 Å². The third-order valence-corrected chi connectivity index (χ3v) is 7.28. The summed E-state index contributed by atoms with van der Waals surface area (Å²) in [6.07, 6.45) is 6.08. The normalized spacial score (nSPS) is 12.4. The average Bonchev–Trinajstić information content (AvgIpc) is 3.75. The number of carbonyl (C=O) groups excluding carboxylic acids is 2. The molecule has 5 rings (SSSR count). The summed E-state index contributed by atoms with van der Waals surface area (Å²) in [5.41, 5.74) is 4.28. The molecule has 0 saturated heterocycles. The molecule has 1 aliphatic carbocycles. The fourth-order valence-electron chi connectivity index (χ4n) is 4.62. The minimum Gasteiger partial charge on any atom is -0.494 e. The number of para-hydroxylation sites is 1. The summed E-state index contributed by atoms with van der Waals surface area (Å²) in [6.45, 7) is 5.09. The largest absolute Gasteiger partial charge is 0.494 e. The maximum Gasteiger partial charge on any atom is 0.343 e. The number of hydrogen-bond donors (Lipinski definition) is 3. The summed E-state index contributed by atoms with van der Waals surface area (Å²) >= 11 is 0. The lowest BCUT2D eigenvalue weighted by molar-refractivity contribution is -0.111. The van der Waals surface area contributed by atoms with Gasteiger partial charge in [0.15, 0.2) is 5.82 Å². The molecule has 240 valence electrons. The van der Waals surface area contributed by atoms with Crippen LogP contribution in [-0.4, -0.2) is 84.0 Å². The van der Waals surface area contributed by atoms with Crippen molar-refractivity contribution >= 4 is 46.4 Å². The van der Waals surface area contributed by atoms with E-state index in [9.17, 15) is 9.59 Å². The van der Waals surface area contributed by atoms with Crippen LogP contribution in [-0.2, 0) is 16.6 Å². The number of amides is 1. The minimum absolute atomic E-state index is 0.0956. The van der Waals surface area contributed by atoms with Gasteiger partial charge in [0, 0.05) is 56.9 Å². The average molecular weight is 626 g/mol. The van der Waals surface area contributed by atoms with Crippen molar-refractivity contribution in [3.63, 3.8) is 0 Å².